The lowest BCUT2D eigenvalue weighted by atomic mass is 9.98. The fourth-order valence-corrected chi connectivity index (χ4v) is 3.13. The van der Waals surface area contributed by atoms with Crippen LogP contribution in [0.1, 0.15) is 26.2 Å². The number of halogens is 1. The van der Waals surface area contributed by atoms with Crippen molar-refractivity contribution in [2.45, 2.75) is 32.7 Å². The molecule has 3 rings (SSSR count). The monoisotopic (exact) mass is 291 g/mol. The number of rotatable bonds is 3. The molecule has 2 aromatic rings. The van der Waals surface area contributed by atoms with Crippen molar-refractivity contribution in [3.63, 3.8) is 0 Å². The molecule has 1 heterocycles. The number of nitrogen functional groups attached to an aromatic ring is 1. The van der Waals surface area contributed by atoms with Gasteiger partial charge in [0.1, 0.15) is 0 Å². The second-order valence-corrected chi connectivity index (χ2v) is 6.02. The van der Waals surface area contributed by atoms with E-state index < -0.39 is 0 Å². The van der Waals surface area contributed by atoms with Crippen molar-refractivity contribution in [3.8, 4) is 11.4 Å². The van der Waals surface area contributed by atoms with Gasteiger partial charge in [0.15, 0.2) is 5.82 Å². The van der Waals surface area contributed by atoms with Gasteiger partial charge in [-0.05, 0) is 46.9 Å². The number of nitrogens with two attached hydrogens (primary N) is 1. The van der Waals surface area contributed by atoms with E-state index in [1.807, 2.05) is 10.7 Å². The number of tetrazole rings is 1. The highest BCUT2D eigenvalue weighted by Gasteiger charge is 2.25. The number of benzene rings is 1. The molecule has 1 aliphatic carbocycles. The lowest BCUT2D eigenvalue weighted by Gasteiger charge is -2.16. The maximum Gasteiger partial charge on any atom is 0.184 e. The average molecular weight is 292 g/mol. The number of aromatic nitrogens is 4. The third-order valence-electron chi connectivity index (χ3n) is 4.23. The van der Waals surface area contributed by atoms with Crippen LogP contribution in [0.2, 0.25) is 5.02 Å². The SMILES string of the molecule is CC1CCCC1Cn1nnnc1-c1cc(Cl)ccc1N. The van der Waals surface area contributed by atoms with Crippen molar-refractivity contribution in [1.82, 2.24) is 20.2 Å². The zero-order chi connectivity index (χ0) is 14.1. The van der Waals surface area contributed by atoms with Crippen LogP contribution in [0.3, 0.4) is 0 Å². The minimum atomic E-state index is 0.637. The summed E-state index contributed by atoms with van der Waals surface area (Å²) in [6, 6.07) is 5.37. The van der Waals surface area contributed by atoms with Gasteiger partial charge in [0.25, 0.3) is 0 Å². The van der Waals surface area contributed by atoms with Crippen LogP contribution < -0.4 is 5.73 Å². The standard InChI is InChI=1S/C14H18ClN5/c1-9-3-2-4-10(9)8-20-14(17-18-19-20)12-7-11(15)5-6-13(12)16/h5-7,9-10H,2-4,8,16H2,1H3. The number of hydrogen-bond acceptors (Lipinski definition) is 4. The van der Waals surface area contributed by atoms with Crippen molar-refractivity contribution >= 4 is 17.3 Å². The number of nitrogens with zero attached hydrogens (tertiary/aromatic N) is 4. The van der Waals surface area contributed by atoms with Gasteiger partial charge >= 0.3 is 0 Å². The van der Waals surface area contributed by atoms with Crippen LogP contribution >= 0.6 is 11.6 Å². The van der Waals surface area contributed by atoms with Crippen LogP contribution in [0.25, 0.3) is 11.4 Å². The van der Waals surface area contributed by atoms with E-state index in [1.54, 1.807) is 12.1 Å². The first kappa shape index (κ1) is 13.4. The van der Waals surface area contributed by atoms with Crippen molar-refractivity contribution in [2.75, 3.05) is 5.73 Å². The molecule has 1 aromatic heterocycles. The normalized spacial score (nSPS) is 22.3. The fraction of sp³-hybridized carbons (Fsp3) is 0.500. The first-order valence-electron chi connectivity index (χ1n) is 6.96. The van der Waals surface area contributed by atoms with Gasteiger partial charge in [0.05, 0.1) is 0 Å². The Hall–Kier alpha value is -1.62. The Labute approximate surface area is 123 Å². The van der Waals surface area contributed by atoms with Crippen molar-refractivity contribution in [2.24, 2.45) is 11.8 Å². The Kier molecular flexibility index (Phi) is 3.61. The van der Waals surface area contributed by atoms with Gasteiger partial charge in [-0.3, -0.25) is 0 Å². The first-order valence-corrected chi connectivity index (χ1v) is 7.34. The zero-order valence-corrected chi connectivity index (χ0v) is 12.2. The van der Waals surface area contributed by atoms with Crippen LogP contribution in [0, 0.1) is 11.8 Å². The van der Waals surface area contributed by atoms with E-state index in [0.717, 1.165) is 18.0 Å². The second kappa shape index (κ2) is 5.40. The first-order chi connectivity index (χ1) is 9.65. The molecule has 0 spiro atoms. The number of hydrogen-bond donors (Lipinski definition) is 1. The zero-order valence-electron chi connectivity index (χ0n) is 11.5. The summed E-state index contributed by atoms with van der Waals surface area (Å²) in [5.74, 6) is 2.06. The van der Waals surface area contributed by atoms with Gasteiger partial charge in [0.2, 0.25) is 0 Å². The Morgan fingerprint density at radius 2 is 2.25 bits per heavy atom. The molecule has 106 valence electrons. The average Bonchev–Trinajstić information content (AvgIpc) is 3.03. The third kappa shape index (κ3) is 2.50. The van der Waals surface area contributed by atoms with Crippen molar-refractivity contribution in [3.05, 3.63) is 23.2 Å². The van der Waals surface area contributed by atoms with Crippen LogP contribution in [0.4, 0.5) is 5.69 Å². The highest BCUT2D eigenvalue weighted by atomic mass is 35.5. The molecule has 5 nitrogen and oxygen atoms in total. The molecular weight excluding hydrogens is 274 g/mol. The summed E-state index contributed by atoms with van der Waals surface area (Å²) in [5, 5.41) is 12.7. The van der Waals surface area contributed by atoms with E-state index in [1.165, 1.54) is 19.3 Å². The molecule has 6 heteroatoms. The predicted octanol–water partition coefficient (Wildman–Crippen LogP) is 3.01. The van der Waals surface area contributed by atoms with Gasteiger partial charge in [-0.25, -0.2) is 4.68 Å². The Bertz CT molecular complexity index is 609. The molecule has 2 N–H and O–H groups in total. The van der Waals surface area contributed by atoms with Gasteiger partial charge in [-0.2, -0.15) is 0 Å². The maximum absolute atomic E-state index is 6.05. The minimum absolute atomic E-state index is 0.637. The van der Waals surface area contributed by atoms with E-state index >= 15 is 0 Å². The predicted molar refractivity (Wildman–Crippen MR) is 79.2 cm³/mol. The Balaban J connectivity index is 1.91. The summed E-state index contributed by atoms with van der Waals surface area (Å²) in [6.45, 7) is 3.14. The molecule has 0 radical (unpaired) electrons. The summed E-state index contributed by atoms with van der Waals surface area (Å²) >= 11 is 6.05. The molecule has 0 amide bonds. The van der Waals surface area contributed by atoms with Crippen LogP contribution in [-0.4, -0.2) is 20.2 Å². The van der Waals surface area contributed by atoms with E-state index in [2.05, 4.69) is 22.4 Å². The topological polar surface area (TPSA) is 69.6 Å². The molecule has 1 saturated carbocycles. The molecule has 0 saturated heterocycles. The van der Waals surface area contributed by atoms with Crippen molar-refractivity contribution in [1.29, 1.82) is 0 Å². The van der Waals surface area contributed by atoms with E-state index in [9.17, 15) is 0 Å². The fourth-order valence-electron chi connectivity index (χ4n) is 2.96. The lowest BCUT2D eigenvalue weighted by Crippen LogP contribution is -2.15. The molecule has 2 atom stereocenters. The van der Waals surface area contributed by atoms with Gasteiger partial charge in [-0.15, -0.1) is 5.10 Å². The molecular formula is C14H18ClN5. The highest BCUT2D eigenvalue weighted by molar-refractivity contribution is 6.31. The minimum Gasteiger partial charge on any atom is -0.398 e. The Morgan fingerprint density at radius 3 is 3.00 bits per heavy atom. The van der Waals surface area contributed by atoms with E-state index in [-0.39, 0.29) is 0 Å². The summed E-state index contributed by atoms with van der Waals surface area (Å²) < 4.78 is 1.86. The largest absolute Gasteiger partial charge is 0.398 e. The third-order valence-corrected chi connectivity index (χ3v) is 4.47. The quantitative estimate of drug-likeness (QED) is 0.883. The summed E-state index contributed by atoms with van der Waals surface area (Å²) in [5.41, 5.74) is 7.46. The second-order valence-electron chi connectivity index (χ2n) is 5.58. The van der Waals surface area contributed by atoms with Gasteiger partial charge in [0, 0.05) is 22.8 Å². The molecule has 20 heavy (non-hydrogen) atoms. The lowest BCUT2D eigenvalue weighted by molar-refractivity contribution is 0.346. The van der Waals surface area contributed by atoms with Crippen LogP contribution in [0.15, 0.2) is 18.2 Å². The smallest absolute Gasteiger partial charge is 0.184 e. The summed E-state index contributed by atoms with van der Waals surface area (Å²) in [7, 11) is 0. The van der Waals surface area contributed by atoms with E-state index in [0.29, 0.717) is 22.5 Å². The van der Waals surface area contributed by atoms with E-state index in [4.69, 9.17) is 17.3 Å². The molecule has 1 fully saturated rings. The molecule has 2 unspecified atom stereocenters. The van der Waals surface area contributed by atoms with Crippen LogP contribution in [0.5, 0.6) is 0 Å². The maximum atomic E-state index is 6.05. The molecule has 0 bridgehead atoms. The molecule has 1 aliphatic rings. The number of anilines is 1. The van der Waals surface area contributed by atoms with Crippen LogP contribution in [-0.2, 0) is 6.54 Å². The Morgan fingerprint density at radius 1 is 1.40 bits per heavy atom. The molecule has 0 aliphatic heterocycles. The molecule has 1 aromatic carbocycles. The van der Waals surface area contributed by atoms with Gasteiger partial charge in [-0.1, -0.05) is 31.4 Å². The summed E-state index contributed by atoms with van der Waals surface area (Å²) in [6.07, 6.45) is 3.83. The van der Waals surface area contributed by atoms with Gasteiger partial charge < -0.3 is 5.73 Å². The summed E-state index contributed by atoms with van der Waals surface area (Å²) in [4.78, 5) is 0. The highest BCUT2D eigenvalue weighted by Crippen LogP contribution is 2.33. The van der Waals surface area contributed by atoms with Crippen molar-refractivity contribution < 1.29 is 0 Å².